The van der Waals surface area contributed by atoms with Crippen molar-refractivity contribution in [3.05, 3.63) is 46.2 Å². The van der Waals surface area contributed by atoms with Gasteiger partial charge in [-0.25, -0.2) is 0 Å². The van der Waals surface area contributed by atoms with Gasteiger partial charge in [0, 0.05) is 13.5 Å². The summed E-state index contributed by atoms with van der Waals surface area (Å²) in [6.45, 7) is 2.55. The van der Waals surface area contributed by atoms with E-state index in [0.29, 0.717) is 12.2 Å². The normalized spacial score (nSPS) is 17.3. The maximum Gasteiger partial charge on any atom is 0.264 e. The zero-order valence-corrected chi connectivity index (χ0v) is 13.7. The lowest BCUT2D eigenvalue weighted by molar-refractivity contribution is -0.119. The molecule has 0 saturated carbocycles. The number of amides is 2. The van der Waals surface area contributed by atoms with Gasteiger partial charge in [-0.2, -0.15) is 0 Å². The molecule has 0 aliphatic carbocycles. The van der Waals surface area contributed by atoms with Crippen LogP contribution in [0.25, 0.3) is 0 Å². The van der Waals surface area contributed by atoms with Crippen LogP contribution < -0.4 is 5.32 Å². The third-order valence-electron chi connectivity index (χ3n) is 3.81. The number of carbonyl (C=O) groups excluding carboxylic acids is 2. The fraction of sp³-hybridized carbons (Fsp3) is 0.375. The molecule has 3 heterocycles. The minimum atomic E-state index is -0.104. The fourth-order valence-electron chi connectivity index (χ4n) is 2.74. The highest BCUT2D eigenvalue weighted by molar-refractivity contribution is 7.12. The Labute approximate surface area is 138 Å². The van der Waals surface area contributed by atoms with E-state index in [9.17, 15) is 9.59 Å². The highest BCUT2D eigenvalue weighted by atomic mass is 32.1. The molecule has 0 radical (unpaired) electrons. The molecule has 1 aliphatic rings. The first-order chi connectivity index (χ1) is 11.1. The SMILES string of the molecule is CC(=O)NCc1cncc([C@H]2CCCN2C(=O)c2cccs2)n1. The number of nitrogens with zero attached hydrogens (tertiary/aromatic N) is 3. The summed E-state index contributed by atoms with van der Waals surface area (Å²) in [7, 11) is 0. The van der Waals surface area contributed by atoms with E-state index >= 15 is 0 Å². The minimum absolute atomic E-state index is 0.0469. The number of thiophene rings is 1. The highest BCUT2D eigenvalue weighted by Crippen LogP contribution is 2.32. The Balaban J connectivity index is 1.78. The summed E-state index contributed by atoms with van der Waals surface area (Å²) in [5, 5.41) is 4.62. The third-order valence-corrected chi connectivity index (χ3v) is 4.67. The smallest absolute Gasteiger partial charge is 0.264 e. The van der Waals surface area contributed by atoms with Crippen molar-refractivity contribution in [3.8, 4) is 0 Å². The number of nitrogens with one attached hydrogen (secondary N) is 1. The van der Waals surface area contributed by atoms with Gasteiger partial charge < -0.3 is 10.2 Å². The first-order valence-corrected chi connectivity index (χ1v) is 8.43. The molecule has 0 bridgehead atoms. The first-order valence-electron chi connectivity index (χ1n) is 7.55. The molecule has 1 atom stereocenters. The van der Waals surface area contributed by atoms with Crippen molar-refractivity contribution >= 4 is 23.2 Å². The van der Waals surface area contributed by atoms with Crippen LogP contribution in [0.4, 0.5) is 0 Å². The van der Waals surface area contributed by atoms with Crippen molar-refractivity contribution in [2.75, 3.05) is 6.54 Å². The topological polar surface area (TPSA) is 75.2 Å². The van der Waals surface area contributed by atoms with Gasteiger partial charge in [0.05, 0.1) is 41.2 Å². The Morgan fingerprint density at radius 1 is 1.43 bits per heavy atom. The molecule has 1 aliphatic heterocycles. The molecule has 1 saturated heterocycles. The summed E-state index contributed by atoms with van der Waals surface area (Å²) < 4.78 is 0. The van der Waals surface area contributed by atoms with Gasteiger partial charge in [0.15, 0.2) is 0 Å². The van der Waals surface area contributed by atoms with Crippen LogP contribution in [0.5, 0.6) is 0 Å². The molecule has 2 aromatic heterocycles. The predicted molar refractivity (Wildman–Crippen MR) is 86.9 cm³/mol. The van der Waals surface area contributed by atoms with Crippen LogP contribution in [0, 0.1) is 0 Å². The number of rotatable bonds is 4. The molecular weight excluding hydrogens is 312 g/mol. The average molecular weight is 330 g/mol. The predicted octanol–water partition coefficient (Wildman–Crippen LogP) is 2.15. The lowest BCUT2D eigenvalue weighted by atomic mass is 10.1. The zero-order chi connectivity index (χ0) is 16.2. The van der Waals surface area contributed by atoms with Gasteiger partial charge in [0.25, 0.3) is 5.91 Å². The Kier molecular flexibility index (Phi) is 4.66. The molecule has 6 nitrogen and oxygen atoms in total. The van der Waals surface area contributed by atoms with Gasteiger partial charge in [-0.05, 0) is 24.3 Å². The van der Waals surface area contributed by atoms with Gasteiger partial charge >= 0.3 is 0 Å². The lowest BCUT2D eigenvalue weighted by Crippen LogP contribution is -2.30. The maximum absolute atomic E-state index is 12.6. The van der Waals surface area contributed by atoms with Gasteiger partial charge in [-0.15, -0.1) is 11.3 Å². The molecule has 2 amide bonds. The van der Waals surface area contributed by atoms with Crippen molar-refractivity contribution < 1.29 is 9.59 Å². The van der Waals surface area contributed by atoms with Crippen molar-refractivity contribution in [1.29, 1.82) is 0 Å². The summed E-state index contributed by atoms with van der Waals surface area (Å²) in [4.78, 5) is 35.1. The van der Waals surface area contributed by atoms with Gasteiger partial charge in [-0.3, -0.25) is 19.6 Å². The lowest BCUT2D eigenvalue weighted by Gasteiger charge is -2.23. The molecule has 2 aromatic rings. The van der Waals surface area contributed by atoms with Crippen LogP contribution in [-0.2, 0) is 11.3 Å². The van der Waals surface area contributed by atoms with E-state index in [1.165, 1.54) is 18.3 Å². The summed E-state index contributed by atoms with van der Waals surface area (Å²) >= 11 is 1.45. The van der Waals surface area contributed by atoms with E-state index in [-0.39, 0.29) is 17.9 Å². The van der Waals surface area contributed by atoms with Crippen LogP contribution in [0.2, 0.25) is 0 Å². The fourth-order valence-corrected chi connectivity index (χ4v) is 3.42. The van der Waals surface area contributed by atoms with Crippen molar-refractivity contribution in [2.24, 2.45) is 0 Å². The van der Waals surface area contributed by atoms with E-state index in [1.54, 1.807) is 12.4 Å². The van der Waals surface area contributed by atoms with E-state index in [4.69, 9.17) is 0 Å². The van der Waals surface area contributed by atoms with Crippen LogP contribution >= 0.6 is 11.3 Å². The molecule has 0 spiro atoms. The first kappa shape index (κ1) is 15.6. The molecule has 3 rings (SSSR count). The second kappa shape index (κ2) is 6.87. The average Bonchev–Trinajstić information content (AvgIpc) is 3.23. The van der Waals surface area contributed by atoms with Crippen LogP contribution in [0.15, 0.2) is 29.9 Å². The van der Waals surface area contributed by atoms with Crippen LogP contribution in [0.1, 0.15) is 46.9 Å². The van der Waals surface area contributed by atoms with E-state index in [1.807, 2.05) is 22.4 Å². The summed E-state index contributed by atoms with van der Waals surface area (Å²) in [6.07, 6.45) is 5.19. The molecule has 0 aromatic carbocycles. The maximum atomic E-state index is 12.6. The largest absolute Gasteiger partial charge is 0.351 e. The van der Waals surface area contributed by atoms with Gasteiger partial charge in [0.2, 0.25) is 5.91 Å². The Hall–Kier alpha value is -2.28. The van der Waals surface area contributed by atoms with Crippen molar-refractivity contribution in [2.45, 2.75) is 32.4 Å². The van der Waals surface area contributed by atoms with E-state index in [2.05, 4.69) is 15.3 Å². The second-order valence-corrected chi connectivity index (χ2v) is 6.43. The second-order valence-electron chi connectivity index (χ2n) is 5.48. The van der Waals surface area contributed by atoms with Crippen molar-refractivity contribution in [1.82, 2.24) is 20.2 Å². The summed E-state index contributed by atoms with van der Waals surface area (Å²) in [5.41, 5.74) is 1.49. The third kappa shape index (κ3) is 3.56. The highest BCUT2D eigenvalue weighted by Gasteiger charge is 2.32. The standard InChI is InChI=1S/C16H18N4O2S/c1-11(21)18-9-12-8-17-10-13(19-12)14-4-2-6-20(14)16(22)15-5-3-7-23-15/h3,5,7-8,10,14H,2,4,6,9H2,1H3,(H,18,21)/t14-/m1/s1. The zero-order valence-electron chi connectivity index (χ0n) is 12.9. The van der Waals surface area contributed by atoms with E-state index < -0.39 is 0 Å². The minimum Gasteiger partial charge on any atom is -0.351 e. The van der Waals surface area contributed by atoms with Gasteiger partial charge in [0.1, 0.15) is 0 Å². The Bertz CT molecular complexity index is 702. The molecular formula is C16H18N4O2S. The molecule has 1 fully saturated rings. The summed E-state index contributed by atoms with van der Waals surface area (Å²) in [5.74, 6) is -0.0517. The van der Waals surface area contributed by atoms with E-state index in [0.717, 1.165) is 30.0 Å². The molecule has 0 unspecified atom stereocenters. The summed E-state index contributed by atoms with van der Waals surface area (Å²) in [6, 6.07) is 3.69. The van der Waals surface area contributed by atoms with Gasteiger partial charge in [-0.1, -0.05) is 6.07 Å². The quantitative estimate of drug-likeness (QED) is 0.932. The van der Waals surface area contributed by atoms with Crippen molar-refractivity contribution in [3.63, 3.8) is 0 Å². The number of hydrogen-bond acceptors (Lipinski definition) is 5. The molecule has 1 N–H and O–H groups in total. The monoisotopic (exact) mass is 330 g/mol. The molecule has 120 valence electrons. The molecule has 7 heteroatoms. The Morgan fingerprint density at radius 2 is 2.30 bits per heavy atom. The number of likely N-dealkylation sites (tertiary alicyclic amines) is 1. The van der Waals surface area contributed by atoms with Crippen LogP contribution in [-0.4, -0.2) is 33.2 Å². The van der Waals surface area contributed by atoms with Crippen LogP contribution in [0.3, 0.4) is 0 Å². The number of carbonyl (C=O) groups is 2. The number of aromatic nitrogens is 2. The molecule has 23 heavy (non-hydrogen) atoms. The Morgan fingerprint density at radius 3 is 3.04 bits per heavy atom. The number of hydrogen-bond donors (Lipinski definition) is 1.